The summed E-state index contributed by atoms with van der Waals surface area (Å²) in [5.41, 5.74) is 9.38. The van der Waals surface area contributed by atoms with Gasteiger partial charge in [-0.2, -0.15) is 5.26 Å². The van der Waals surface area contributed by atoms with Gasteiger partial charge in [0.1, 0.15) is 5.70 Å². The number of hydrogen-bond donors (Lipinski definition) is 0. The highest BCUT2D eigenvalue weighted by Crippen LogP contribution is 2.21. The van der Waals surface area contributed by atoms with Crippen LogP contribution in [0.4, 0.5) is 0 Å². The summed E-state index contributed by atoms with van der Waals surface area (Å²) in [4.78, 5) is 14.1. The van der Waals surface area contributed by atoms with Crippen LogP contribution in [0.5, 0.6) is 0 Å². The molecule has 0 heterocycles. The van der Waals surface area contributed by atoms with Crippen molar-refractivity contribution in [3.63, 3.8) is 0 Å². The fourth-order valence-electron chi connectivity index (χ4n) is 1.24. The second-order valence-electron chi connectivity index (χ2n) is 3.29. The lowest BCUT2D eigenvalue weighted by Gasteiger charge is -2.03. The third-order valence-electron chi connectivity index (χ3n) is 2.06. The molecule has 0 saturated heterocycles. The topological polar surface area (TPSA) is 98.9 Å². The molecule has 0 amide bonds. The van der Waals surface area contributed by atoms with Crippen molar-refractivity contribution in [1.29, 1.82) is 5.26 Å². The lowest BCUT2D eigenvalue weighted by atomic mass is 10.1. The second-order valence-corrected chi connectivity index (χ2v) is 4.14. The maximum Gasteiger partial charge on any atom is 0.340 e. The molecule has 0 radical (unpaired) electrons. The zero-order valence-electron chi connectivity index (χ0n) is 10.00. The Morgan fingerprint density at radius 3 is 2.95 bits per heavy atom. The van der Waals surface area contributed by atoms with Crippen LogP contribution in [0.25, 0.3) is 16.5 Å². The highest BCUT2D eigenvalue weighted by molar-refractivity contribution is 9.10. The van der Waals surface area contributed by atoms with Gasteiger partial charge in [0, 0.05) is 9.38 Å². The number of ether oxygens (including phenoxy) is 1. The van der Waals surface area contributed by atoms with E-state index in [4.69, 9.17) is 15.5 Å². The molecule has 0 fully saturated rings. The van der Waals surface area contributed by atoms with Crippen molar-refractivity contribution in [3.8, 4) is 6.07 Å². The summed E-state index contributed by atoms with van der Waals surface area (Å²) in [6.45, 7) is 1.84. The summed E-state index contributed by atoms with van der Waals surface area (Å²) in [7, 11) is 0. The van der Waals surface area contributed by atoms with Crippen molar-refractivity contribution in [2.45, 2.75) is 6.92 Å². The van der Waals surface area contributed by atoms with E-state index < -0.39 is 5.97 Å². The Balaban J connectivity index is 3.19. The van der Waals surface area contributed by atoms with Crippen LogP contribution < -0.4 is 0 Å². The van der Waals surface area contributed by atoms with Gasteiger partial charge in [-0.1, -0.05) is 27.1 Å². The number of nitriles is 1. The van der Waals surface area contributed by atoms with E-state index in [1.165, 1.54) is 6.08 Å². The first-order chi connectivity index (χ1) is 9.12. The van der Waals surface area contributed by atoms with E-state index in [9.17, 15) is 4.79 Å². The Morgan fingerprint density at radius 2 is 2.42 bits per heavy atom. The molecule has 96 valence electrons. The first kappa shape index (κ1) is 14.8. The largest absolute Gasteiger partial charge is 0.462 e. The zero-order valence-corrected chi connectivity index (χ0v) is 11.6. The molecule has 7 heteroatoms. The average Bonchev–Trinajstić information content (AvgIpc) is 2.40. The summed E-state index contributed by atoms with van der Waals surface area (Å²) in [5, 5.41) is 12.1. The third-order valence-corrected chi connectivity index (χ3v) is 2.75. The highest BCUT2D eigenvalue weighted by atomic mass is 79.9. The predicted octanol–water partition coefficient (Wildman–Crippen LogP) is 3.54. The van der Waals surface area contributed by atoms with E-state index in [2.05, 4.69) is 26.0 Å². The fraction of sp³-hybridized carbons (Fsp3) is 0.167. The third kappa shape index (κ3) is 4.14. The average molecular weight is 321 g/mol. The van der Waals surface area contributed by atoms with Crippen LogP contribution in [0.1, 0.15) is 18.1 Å². The molecule has 1 rings (SSSR count). The van der Waals surface area contributed by atoms with E-state index in [1.807, 2.05) is 6.07 Å². The molecule has 1 aromatic rings. The van der Waals surface area contributed by atoms with Crippen molar-refractivity contribution in [2.24, 2.45) is 5.11 Å². The number of carbonyl (C=O) groups excluding carboxylic acids is 1. The molecule has 1 aromatic carbocycles. The molecule has 0 bridgehead atoms. The Kier molecular flexibility index (Phi) is 5.61. The number of halogens is 1. The zero-order chi connectivity index (χ0) is 14.3. The molecule has 0 unspecified atom stereocenters. The van der Waals surface area contributed by atoms with Crippen LogP contribution in [0, 0.1) is 11.3 Å². The first-order valence-electron chi connectivity index (χ1n) is 5.26. The molecule has 0 aliphatic heterocycles. The summed E-state index contributed by atoms with van der Waals surface area (Å²) in [6, 6.07) is 6.82. The SMILES string of the molecule is CCOC(=O)C(=Cc1ccc(C#N)cc1Br)N=[N+]=[N-]. The van der Waals surface area contributed by atoms with Gasteiger partial charge in [-0.25, -0.2) is 4.79 Å². The van der Waals surface area contributed by atoms with Gasteiger partial charge < -0.3 is 4.74 Å². The van der Waals surface area contributed by atoms with Gasteiger partial charge in [-0.05, 0) is 36.2 Å². The quantitative estimate of drug-likeness (QED) is 0.279. The number of azide groups is 1. The maximum absolute atomic E-state index is 11.5. The van der Waals surface area contributed by atoms with Crippen LogP contribution in [0.15, 0.2) is 33.5 Å². The number of rotatable bonds is 4. The van der Waals surface area contributed by atoms with Crippen LogP contribution >= 0.6 is 15.9 Å². The molecule has 0 spiro atoms. The van der Waals surface area contributed by atoms with Gasteiger partial charge in [-0.15, -0.1) is 0 Å². The van der Waals surface area contributed by atoms with Crippen LogP contribution in [-0.4, -0.2) is 12.6 Å². The van der Waals surface area contributed by atoms with Gasteiger partial charge in [-0.3, -0.25) is 0 Å². The Labute approximate surface area is 118 Å². The van der Waals surface area contributed by atoms with Crippen molar-refractivity contribution >= 4 is 28.0 Å². The van der Waals surface area contributed by atoms with Crippen LogP contribution in [0.2, 0.25) is 0 Å². The van der Waals surface area contributed by atoms with E-state index >= 15 is 0 Å². The lowest BCUT2D eigenvalue weighted by molar-refractivity contribution is -0.138. The van der Waals surface area contributed by atoms with Gasteiger partial charge in [0.2, 0.25) is 0 Å². The van der Waals surface area contributed by atoms with Gasteiger partial charge in [0.05, 0.1) is 18.2 Å². The molecular formula is C12H9BrN4O2. The van der Waals surface area contributed by atoms with E-state index in [-0.39, 0.29) is 12.3 Å². The Bertz CT molecular complexity index is 613. The van der Waals surface area contributed by atoms with Gasteiger partial charge >= 0.3 is 5.97 Å². The summed E-state index contributed by atoms with van der Waals surface area (Å²) < 4.78 is 5.39. The van der Waals surface area contributed by atoms with Gasteiger partial charge in [0.15, 0.2) is 0 Å². The standard InChI is InChI=1S/C12H9BrN4O2/c1-2-19-12(18)11(16-17-15)6-9-4-3-8(7-14)5-10(9)13/h3-6H,2H2,1H3. The molecule has 0 aromatic heterocycles. The smallest absolute Gasteiger partial charge is 0.340 e. The molecule has 0 N–H and O–H groups in total. The minimum Gasteiger partial charge on any atom is -0.462 e. The monoisotopic (exact) mass is 320 g/mol. The molecule has 0 atom stereocenters. The fourth-order valence-corrected chi connectivity index (χ4v) is 1.74. The van der Waals surface area contributed by atoms with Crippen molar-refractivity contribution < 1.29 is 9.53 Å². The van der Waals surface area contributed by atoms with Crippen LogP contribution in [0.3, 0.4) is 0 Å². The predicted molar refractivity (Wildman–Crippen MR) is 72.6 cm³/mol. The molecule has 0 saturated carbocycles. The molecule has 0 aliphatic carbocycles. The maximum atomic E-state index is 11.5. The van der Waals surface area contributed by atoms with Crippen molar-refractivity contribution in [3.05, 3.63) is 49.9 Å². The van der Waals surface area contributed by atoms with Crippen molar-refractivity contribution in [1.82, 2.24) is 0 Å². The lowest BCUT2D eigenvalue weighted by Crippen LogP contribution is -2.05. The minimum absolute atomic E-state index is 0.144. The number of nitrogens with zero attached hydrogens (tertiary/aromatic N) is 4. The normalized spacial score (nSPS) is 10.3. The summed E-state index contributed by atoms with van der Waals surface area (Å²) in [5.74, 6) is -0.698. The Morgan fingerprint density at radius 1 is 1.68 bits per heavy atom. The highest BCUT2D eigenvalue weighted by Gasteiger charge is 2.09. The number of hydrogen-bond acceptors (Lipinski definition) is 4. The number of benzene rings is 1. The molecular weight excluding hydrogens is 312 g/mol. The molecule has 6 nitrogen and oxygen atoms in total. The minimum atomic E-state index is -0.698. The second kappa shape index (κ2) is 7.21. The van der Waals surface area contributed by atoms with E-state index in [0.717, 1.165) is 0 Å². The Hall–Kier alpha value is -2.29. The summed E-state index contributed by atoms with van der Waals surface area (Å²) in [6.07, 6.45) is 1.39. The number of esters is 1. The van der Waals surface area contributed by atoms with E-state index in [1.54, 1.807) is 25.1 Å². The van der Waals surface area contributed by atoms with E-state index in [0.29, 0.717) is 15.6 Å². The van der Waals surface area contributed by atoms with Crippen LogP contribution in [-0.2, 0) is 9.53 Å². The number of carbonyl (C=O) groups is 1. The summed E-state index contributed by atoms with van der Waals surface area (Å²) >= 11 is 3.27. The first-order valence-corrected chi connectivity index (χ1v) is 6.05. The molecule has 0 aliphatic rings. The molecule has 19 heavy (non-hydrogen) atoms. The van der Waals surface area contributed by atoms with Gasteiger partial charge in [0.25, 0.3) is 0 Å². The van der Waals surface area contributed by atoms with Crippen molar-refractivity contribution in [2.75, 3.05) is 6.61 Å².